The first kappa shape index (κ1) is 24.5. The highest BCUT2D eigenvalue weighted by atomic mass is 35.5. The van der Waals surface area contributed by atoms with Gasteiger partial charge in [-0.3, -0.25) is 9.78 Å². The van der Waals surface area contributed by atoms with Crippen molar-refractivity contribution in [2.75, 3.05) is 0 Å². The van der Waals surface area contributed by atoms with E-state index in [-0.39, 0.29) is 11.9 Å². The van der Waals surface area contributed by atoms with Gasteiger partial charge in [-0.15, -0.1) is 0 Å². The van der Waals surface area contributed by atoms with Gasteiger partial charge in [-0.05, 0) is 48.4 Å². The topological polar surface area (TPSA) is 45.6 Å². The molecule has 0 N–H and O–H groups in total. The molecule has 1 amide bonds. The van der Waals surface area contributed by atoms with Gasteiger partial charge in [-0.2, -0.15) is 5.10 Å². The summed E-state index contributed by atoms with van der Waals surface area (Å²) in [6.45, 7) is 7.76. The van der Waals surface area contributed by atoms with Crippen molar-refractivity contribution in [2.45, 2.75) is 40.2 Å². The minimum absolute atomic E-state index is 0.0341. The van der Waals surface area contributed by atoms with E-state index in [2.05, 4.69) is 12.1 Å². The third-order valence-corrected chi connectivity index (χ3v) is 6.98. The molecule has 1 aliphatic rings. The zero-order chi connectivity index (χ0) is 25.6. The molecule has 0 aliphatic carbocycles. The van der Waals surface area contributed by atoms with E-state index in [1.54, 1.807) is 5.01 Å². The number of hydrogen-bond donors (Lipinski definition) is 0. The Morgan fingerprint density at radius 1 is 0.917 bits per heavy atom. The Morgan fingerprint density at radius 2 is 1.58 bits per heavy atom. The van der Waals surface area contributed by atoms with Gasteiger partial charge in [0.25, 0.3) is 0 Å². The Balaban J connectivity index is 1.74. The molecule has 1 atom stereocenters. The third kappa shape index (κ3) is 4.52. The van der Waals surface area contributed by atoms with Crippen molar-refractivity contribution >= 4 is 45.7 Å². The summed E-state index contributed by atoms with van der Waals surface area (Å²) < 4.78 is 0. The molecule has 6 heteroatoms. The summed E-state index contributed by atoms with van der Waals surface area (Å²) in [5, 5.41) is 8.89. The van der Waals surface area contributed by atoms with Gasteiger partial charge in [0.2, 0.25) is 5.91 Å². The van der Waals surface area contributed by atoms with Crippen LogP contribution in [0.15, 0.2) is 77.9 Å². The first-order valence-electron chi connectivity index (χ1n) is 12.0. The van der Waals surface area contributed by atoms with Crippen molar-refractivity contribution in [1.82, 2.24) is 9.99 Å². The molecule has 1 aromatic heterocycles. The fourth-order valence-corrected chi connectivity index (χ4v) is 5.05. The molecular weight excluding hydrogens is 489 g/mol. The minimum atomic E-state index is -0.587. The average molecular weight is 516 g/mol. The van der Waals surface area contributed by atoms with E-state index in [9.17, 15) is 4.79 Å². The first-order valence-corrected chi connectivity index (χ1v) is 12.7. The van der Waals surface area contributed by atoms with E-state index in [1.165, 1.54) is 0 Å². The zero-order valence-corrected chi connectivity index (χ0v) is 22.2. The standard InChI is InChI=1S/C30H27Cl2N3O/c1-18-27(28(20-8-6-5-7-9-20)23-16-22(32)14-15-24(23)33-18)25-17-26(19-10-12-21(31)13-11-19)35(34-25)29(36)30(2,3)4/h5-16,26H,17H2,1-4H3. The number of carbonyl (C=O) groups excluding carboxylic acids is 1. The van der Waals surface area contributed by atoms with Crippen LogP contribution in [0, 0.1) is 12.3 Å². The summed E-state index contributed by atoms with van der Waals surface area (Å²) in [5.74, 6) is -0.0341. The van der Waals surface area contributed by atoms with Gasteiger partial charge >= 0.3 is 0 Å². The molecule has 4 aromatic rings. The maximum atomic E-state index is 13.6. The van der Waals surface area contributed by atoms with Gasteiger partial charge in [0.15, 0.2) is 0 Å². The van der Waals surface area contributed by atoms with Crippen LogP contribution in [0.3, 0.4) is 0 Å². The summed E-state index contributed by atoms with van der Waals surface area (Å²) in [6, 6.07) is 23.4. The summed E-state index contributed by atoms with van der Waals surface area (Å²) in [6.07, 6.45) is 0.567. The number of pyridine rings is 1. The lowest BCUT2D eigenvalue weighted by atomic mass is 9.89. The minimum Gasteiger partial charge on any atom is -0.272 e. The second kappa shape index (κ2) is 9.34. The Kier molecular flexibility index (Phi) is 6.36. The fourth-order valence-electron chi connectivity index (χ4n) is 4.75. The average Bonchev–Trinajstić information content (AvgIpc) is 3.28. The van der Waals surface area contributed by atoms with Crippen LogP contribution in [0.25, 0.3) is 22.0 Å². The number of fused-ring (bicyclic) bond motifs is 1. The maximum absolute atomic E-state index is 13.6. The highest BCUT2D eigenvalue weighted by Crippen LogP contribution is 2.41. The van der Waals surface area contributed by atoms with E-state index >= 15 is 0 Å². The monoisotopic (exact) mass is 515 g/mol. The van der Waals surface area contributed by atoms with E-state index in [4.69, 9.17) is 33.3 Å². The molecule has 0 fully saturated rings. The first-order chi connectivity index (χ1) is 17.1. The number of aryl methyl sites for hydroxylation is 1. The van der Waals surface area contributed by atoms with Crippen LogP contribution in [0.1, 0.15) is 50.1 Å². The lowest BCUT2D eigenvalue weighted by Crippen LogP contribution is -2.36. The molecule has 1 aliphatic heterocycles. The predicted octanol–water partition coefficient (Wildman–Crippen LogP) is 8.24. The molecule has 1 unspecified atom stereocenters. The smallest absolute Gasteiger partial charge is 0.248 e. The summed E-state index contributed by atoms with van der Waals surface area (Å²) in [4.78, 5) is 18.5. The second-order valence-electron chi connectivity index (χ2n) is 10.2. The molecule has 182 valence electrons. The van der Waals surface area contributed by atoms with Gasteiger partial charge in [0.05, 0.1) is 17.3 Å². The fraction of sp³-hybridized carbons (Fsp3) is 0.233. The van der Waals surface area contributed by atoms with Crippen molar-refractivity contribution in [2.24, 2.45) is 10.5 Å². The van der Waals surface area contributed by atoms with Crippen LogP contribution in [-0.4, -0.2) is 21.6 Å². The number of nitrogens with zero attached hydrogens (tertiary/aromatic N) is 3. The SMILES string of the molecule is Cc1nc2ccc(Cl)cc2c(-c2ccccc2)c1C1=NN(C(=O)C(C)(C)C)C(c2ccc(Cl)cc2)C1. The largest absolute Gasteiger partial charge is 0.272 e. The molecule has 0 radical (unpaired) electrons. The number of benzene rings is 3. The molecule has 3 aromatic carbocycles. The number of hydrazone groups is 1. The molecule has 0 spiro atoms. The zero-order valence-electron chi connectivity index (χ0n) is 20.7. The Hall–Kier alpha value is -3.21. The second-order valence-corrected chi connectivity index (χ2v) is 11.1. The van der Waals surface area contributed by atoms with Crippen LogP contribution in [0.2, 0.25) is 10.0 Å². The third-order valence-electron chi connectivity index (χ3n) is 6.49. The molecule has 5 rings (SSSR count). The molecular formula is C30H27Cl2N3O. The van der Waals surface area contributed by atoms with Crippen LogP contribution in [0.4, 0.5) is 0 Å². The molecule has 0 saturated heterocycles. The number of carbonyl (C=O) groups is 1. The Labute approximate surface area is 221 Å². The van der Waals surface area contributed by atoms with E-state index < -0.39 is 5.41 Å². The van der Waals surface area contributed by atoms with Crippen LogP contribution in [-0.2, 0) is 4.79 Å². The molecule has 0 bridgehead atoms. The number of aromatic nitrogens is 1. The van der Waals surface area contributed by atoms with Crippen molar-refractivity contribution in [3.8, 4) is 11.1 Å². The molecule has 4 nitrogen and oxygen atoms in total. The quantitative estimate of drug-likeness (QED) is 0.275. The lowest BCUT2D eigenvalue weighted by molar-refractivity contribution is -0.141. The number of halogens is 2. The number of hydrogen-bond acceptors (Lipinski definition) is 3. The van der Waals surface area contributed by atoms with Gasteiger partial charge in [0.1, 0.15) is 0 Å². The van der Waals surface area contributed by atoms with E-state index in [0.717, 1.165) is 44.6 Å². The predicted molar refractivity (Wildman–Crippen MR) is 149 cm³/mol. The number of rotatable bonds is 3. The van der Waals surface area contributed by atoms with Crippen LogP contribution >= 0.6 is 23.2 Å². The molecule has 36 heavy (non-hydrogen) atoms. The molecule has 0 saturated carbocycles. The van der Waals surface area contributed by atoms with Gasteiger partial charge < -0.3 is 0 Å². The van der Waals surface area contributed by atoms with Crippen molar-refractivity contribution in [3.63, 3.8) is 0 Å². The van der Waals surface area contributed by atoms with E-state index in [0.29, 0.717) is 16.5 Å². The normalized spacial score (nSPS) is 15.9. The summed E-state index contributed by atoms with van der Waals surface area (Å²) in [5.41, 5.74) is 5.99. The van der Waals surface area contributed by atoms with Gasteiger partial charge in [-0.25, -0.2) is 5.01 Å². The molecule has 2 heterocycles. The van der Waals surface area contributed by atoms with Crippen molar-refractivity contribution in [3.05, 3.63) is 99.7 Å². The van der Waals surface area contributed by atoms with E-state index in [1.807, 2.05) is 88.4 Å². The number of amides is 1. The Morgan fingerprint density at radius 3 is 2.25 bits per heavy atom. The van der Waals surface area contributed by atoms with Crippen LogP contribution in [0.5, 0.6) is 0 Å². The Bertz CT molecular complexity index is 1490. The highest BCUT2D eigenvalue weighted by Gasteiger charge is 2.39. The summed E-state index contributed by atoms with van der Waals surface area (Å²) >= 11 is 12.6. The van der Waals surface area contributed by atoms with Gasteiger partial charge in [-0.1, -0.05) is 86.4 Å². The summed E-state index contributed by atoms with van der Waals surface area (Å²) in [7, 11) is 0. The van der Waals surface area contributed by atoms with Crippen LogP contribution < -0.4 is 0 Å². The lowest BCUT2D eigenvalue weighted by Gasteiger charge is -2.28. The highest BCUT2D eigenvalue weighted by molar-refractivity contribution is 6.31. The maximum Gasteiger partial charge on any atom is 0.248 e. The van der Waals surface area contributed by atoms with Gasteiger partial charge in [0, 0.05) is 44.1 Å². The van der Waals surface area contributed by atoms with Crippen molar-refractivity contribution in [1.29, 1.82) is 0 Å². The van der Waals surface area contributed by atoms with Crippen molar-refractivity contribution < 1.29 is 4.79 Å².